The first-order valence-electron chi connectivity index (χ1n) is 6.79. The Labute approximate surface area is 114 Å². The summed E-state index contributed by atoms with van der Waals surface area (Å²) in [4.78, 5) is 15.5. The molecule has 0 bridgehead atoms. The van der Waals surface area contributed by atoms with Crippen molar-refractivity contribution in [2.75, 3.05) is 38.6 Å². The lowest BCUT2D eigenvalue weighted by molar-refractivity contribution is 0.0697. The Morgan fingerprint density at radius 3 is 2.95 bits per heavy atom. The maximum atomic E-state index is 11.0. The van der Waals surface area contributed by atoms with Gasteiger partial charge in [-0.15, -0.1) is 0 Å². The van der Waals surface area contributed by atoms with E-state index in [1.807, 2.05) is 13.1 Å². The van der Waals surface area contributed by atoms with Gasteiger partial charge in [-0.1, -0.05) is 6.07 Å². The zero-order valence-electron chi connectivity index (χ0n) is 11.7. The highest BCUT2D eigenvalue weighted by molar-refractivity contribution is 5.88. The molecule has 1 aliphatic rings. The number of hydrogen-bond donors (Lipinski definition) is 1. The van der Waals surface area contributed by atoms with Gasteiger partial charge in [-0.2, -0.15) is 0 Å². The summed E-state index contributed by atoms with van der Waals surface area (Å²) in [5.74, 6) is -0.0947. The van der Waals surface area contributed by atoms with Gasteiger partial charge in [-0.25, -0.2) is 4.79 Å². The summed E-state index contributed by atoms with van der Waals surface area (Å²) in [5, 5.41) is 9.00. The summed E-state index contributed by atoms with van der Waals surface area (Å²) in [6.45, 7) is 3.35. The van der Waals surface area contributed by atoms with Crippen molar-refractivity contribution in [3.63, 3.8) is 0 Å². The summed E-state index contributed by atoms with van der Waals surface area (Å²) in [7, 11) is 4.19. The minimum Gasteiger partial charge on any atom is -0.478 e. The molecule has 0 aliphatic carbocycles. The Kier molecular flexibility index (Phi) is 4.43. The highest BCUT2D eigenvalue weighted by atomic mass is 16.4. The average Bonchev–Trinajstić information content (AvgIpc) is 2.82. The van der Waals surface area contributed by atoms with Gasteiger partial charge in [0.1, 0.15) is 0 Å². The minimum atomic E-state index is -0.868. The third-order valence-corrected chi connectivity index (χ3v) is 3.90. The smallest absolute Gasteiger partial charge is 0.335 e. The van der Waals surface area contributed by atoms with Crippen molar-refractivity contribution in [2.45, 2.75) is 12.8 Å². The first-order valence-corrected chi connectivity index (χ1v) is 6.79. The van der Waals surface area contributed by atoms with Crippen LogP contribution in [0.4, 0.5) is 5.69 Å². The van der Waals surface area contributed by atoms with Gasteiger partial charge in [0.25, 0.3) is 0 Å². The molecule has 104 valence electrons. The van der Waals surface area contributed by atoms with Crippen molar-refractivity contribution in [3.8, 4) is 0 Å². The van der Waals surface area contributed by atoms with E-state index in [2.05, 4.69) is 16.8 Å². The van der Waals surface area contributed by atoms with E-state index >= 15 is 0 Å². The molecule has 0 aromatic heterocycles. The number of anilines is 1. The zero-order valence-corrected chi connectivity index (χ0v) is 11.7. The molecule has 4 nitrogen and oxygen atoms in total. The Bertz CT molecular complexity index is 448. The number of hydrogen-bond acceptors (Lipinski definition) is 3. The van der Waals surface area contributed by atoms with Crippen molar-refractivity contribution in [1.29, 1.82) is 0 Å². The largest absolute Gasteiger partial charge is 0.478 e. The van der Waals surface area contributed by atoms with Crippen LogP contribution < -0.4 is 4.90 Å². The molecule has 1 N–H and O–H groups in total. The minimum absolute atomic E-state index is 0.352. The molecule has 0 saturated carbocycles. The molecule has 1 fully saturated rings. The molecule has 1 aromatic rings. The number of rotatable bonds is 5. The van der Waals surface area contributed by atoms with Gasteiger partial charge >= 0.3 is 5.97 Å². The van der Waals surface area contributed by atoms with Crippen molar-refractivity contribution in [2.24, 2.45) is 5.92 Å². The van der Waals surface area contributed by atoms with E-state index in [1.54, 1.807) is 18.2 Å². The molecular weight excluding hydrogens is 240 g/mol. The molecule has 1 unspecified atom stereocenters. The Morgan fingerprint density at radius 1 is 1.53 bits per heavy atom. The summed E-state index contributed by atoms with van der Waals surface area (Å²) in [5.41, 5.74) is 1.33. The van der Waals surface area contributed by atoms with Crippen LogP contribution in [0.1, 0.15) is 23.2 Å². The monoisotopic (exact) mass is 262 g/mol. The number of likely N-dealkylation sites (tertiary alicyclic amines) is 1. The lowest BCUT2D eigenvalue weighted by atomic mass is 10.0. The average molecular weight is 262 g/mol. The molecule has 19 heavy (non-hydrogen) atoms. The molecule has 1 aliphatic heterocycles. The third kappa shape index (κ3) is 3.70. The molecule has 0 spiro atoms. The van der Waals surface area contributed by atoms with Crippen LogP contribution in [-0.2, 0) is 0 Å². The lowest BCUT2D eigenvalue weighted by Crippen LogP contribution is -2.22. The van der Waals surface area contributed by atoms with Crippen LogP contribution in [-0.4, -0.2) is 49.7 Å². The summed E-state index contributed by atoms with van der Waals surface area (Å²) in [6, 6.07) is 7.14. The standard InChI is InChI=1S/C15H22N2O2/c1-16-8-6-12(11-16)7-9-17(2)14-5-3-4-13(10-14)15(18)19/h3-5,10,12H,6-9,11H2,1-2H3,(H,18,19). The fraction of sp³-hybridized carbons (Fsp3) is 0.533. The normalized spacial score (nSPS) is 19.6. The van der Waals surface area contributed by atoms with Crippen LogP contribution in [0.2, 0.25) is 0 Å². The quantitative estimate of drug-likeness (QED) is 0.883. The number of aromatic carboxylic acids is 1. The van der Waals surface area contributed by atoms with E-state index in [-0.39, 0.29) is 0 Å². The fourth-order valence-corrected chi connectivity index (χ4v) is 2.64. The van der Waals surface area contributed by atoms with Gasteiger partial charge in [0.05, 0.1) is 5.56 Å². The molecule has 1 aromatic carbocycles. The van der Waals surface area contributed by atoms with Crippen LogP contribution >= 0.6 is 0 Å². The van der Waals surface area contributed by atoms with Crippen LogP contribution in [0.25, 0.3) is 0 Å². The maximum Gasteiger partial charge on any atom is 0.335 e. The fourth-order valence-electron chi connectivity index (χ4n) is 2.64. The predicted molar refractivity (Wildman–Crippen MR) is 76.9 cm³/mol. The molecule has 4 heteroatoms. The van der Waals surface area contributed by atoms with Crippen molar-refractivity contribution in [1.82, 2.24) is 4.90 Å². The second-order valence-electron chi connectivity index (χ2n) is 5.48. The second kappa shape index (κ2) is 6.06. The summed E-state index contributed by atoms with van der Waals surface area (Å²) < 4.78 is 0. The molecule has 2 rings (SSSR count). The van der Waals surface area contributed by atoms with Gasteiger partial charge in [0.2, 0.25) is 0 Å². The predicted octanol–water partition coefficient (Wildman–Crippen LogP) is 2.16. The molecule has 1 atom stereocenters. The first-order chi connectivity index (χ1) is 9.06. The van der Waals surface area contributed by atoms with Crippen molar-refractivity contribution < 1.29 is 9.90 Å². The van der Waals surface area contributed by atoms with Gasteiger partial charge in [-0.3, -0.25) is 0 Å². The van der Waals surface area contributed by atoms with Crippen LogP contribution in [0.15, 0.2) is 24.3 Å². The number of carboxylic acid groups (broad SMARTS) is 1. The van der Waals surface area contributed by atoms with Gasteiger partial charge < -0.3 is 14.9 Å². The van der Waals surface area contributed by atoms with E-state index in [9.17, 15) is 4.79 Å². The second-order valence-corrected chi connectivity index (χ2v) is 5.48. The number of carbonyl (C=O) groups is 1. The number of benzene rings is 1. The number of nitrogens with zero attached hydrogens (tertiary/aromatic N) is 2. The topological polar surface area (TPSA) is 43.8 Å². The highest BCUT2D eigenvalue weighted by Gasteiger charge is 2.19. The lowest BCUT2D eigenvalue weighted by Gasteiger charge is -2.21. The third-order valence-electron chi connectivity index (χ3n) is 3.90. The Hall–Kier alpha value is -1.55. The zero-order chi connectivity index (χ0) is 13.8. The Balaban J connectivity index is 1.90. The van der Waals surface area contributed by atoms with Crippen molar-refractivity contribution >= 4 is 11.7 Å². The SMILES string of the molecule is CN1CCC(CCN(C)c2cccc(C(=O)O)c2)C1. The Morgan fingerprint density at radius 2 is 2.32 bits per heavy atom. The molecule has 1 heterocycles. The summed E-state index contributed by atoms with van der Waals surface area (Å²) >= 11 is 0. The number of carboxylic acids is 1. The van der Waals surface area contributed by atoms with Crippen molar-refractivity contribution in [3.05, 3.63) is 29.8 Å². The van der Waals surface area contributed by atoms with E-state index in [0.717, 1.165) is 24.6 Å². The molecule has 0 amide bonds. The van der Waals surface area contributed by atoms with Gasteiger partial charge in [0, 0.05) is 25.8 Å². The molecular formula is C15H22N2O2. The molecule has 1 saturated heterocycles. The van der Waals surface area contributed by atoms with Gasteiger partial charge in [-0.05, 0) is 50.6 Å². The summed E-state index contributed by atoms with van der Waals surface area (Å²) in [6.07, 6.45) is 2.44. The van der Waals surface area contributed by atoms with Crippen LogP contribution in [0.3, 0.4) is 0 Å². The maximum absolute atomic E-state index is 11.0. The van der Waals surface area contributed by atoms with Crippen LogP contribution in [0, 0.1) is 5.92 Å². The van der Waals surface area contributed by atoms with E-state index in [4.69, 9.17) is 5.11 Å². The van der Waals surface area contributed by atoms with Gasteiger partial charge in [0.15, 0.2) is 0 Å². The van der Waals surface area contributed by atoms with E-state index in [0.29, 0.717) is 5.56 Å². The highest BCUT2D eigenvalue weighted by Crippen LogP contribution is 2.20. The van der Waals surface area contributed by atoms with Crippen LogP contribution in [0.5, 0.6) is 0 Å². The van der Waals surface area contributed by atoms with E-state index < -0.39 is 5.97 Å². The van der Waals surface area contributed by atoms with E-state index in [1.165, 1.54) is 19.5 Å². The first kappa shape index (κ1) is 13.9. The molecule has 0 radical (unpaired) electrons.